The smallest absolute Gasteiger partial charge is 0.118 e. The van der Waals surface area contributed by atoms with E-state index in [9.17, 15) is 5.11 Å². The van der Waals surface area contributed by atoms with Gasteiger partial charge in [0.2, 0.25) is 0 Å². The molecule has 0 amide bonds. The molecule has 0 aliphatic carbocycles. The van der Waals surface area contributed by atoms with E-state index in [0.717, 1.165) is 43.8 Å². The van der Waals surface area contributed by atoms with E-state index in [4.69, 9.17) is 16.3 Å². The number of hydrogen-bond acceptors (Lipinski definition) is 3. The first-order valence-corrected chi connectivity index (χ1v) is 8.31. The minimum atomic E-state index is -0.763. The van der Waals surface area contributed by atoms with Crippen molar-refractivity contribution in [2.75, 3.05) is 20.2 Å². The van der Waals surface area contributed by atoms with Crippen LogP contribution in [0.25, 0.3) is 0 Å². The molecule has 0 saturated carbocycles. The number of aliphatic hydroxyl groups is 1. The molecular formula is C19H22ClNO2. The largest absolute Gasteiger partial charge is 0.497 e. The first-order chi connectivity index (χ1) is 11.1. The number of rotatable bonds is 4. The monoisotopic (exact) mass is 331 g/mol. The maximum atomic E-state index is 10.9. The van der Waals surface area contributed by atoms with E-state index in [-0.39, 0.29) is 0 Å². The van der Waals surface area contributed by atoms with E-state index in [1.54, 1.807) is 7.11 Å². The maximum Gasteiger partial charge on any atom is 0.118 e. The predicted molar refractivity (Wildman–Crippen MR) is 92.9 cm³/mol. The highest BCUT2D eigenvalue weighted by molar-refractivity contribution is 6.30. The second-order valence-electron chi connectivity index (χ2n) is 6.17. The molecule has 0 radical (unpaired) electrons. The first kappa shape index (κ1) is 16.3. The number of methoxy groups -OCH3 is 1. The Bertz CT molecular complexity index is 649. The summed E-state index contributed by atoms with van der Waals surface area (Å²) in [4.78, 5) is 2.38. The van der Waals surface area contributed by atoms with Crippen LogP contribution in [0.3, 0.4) is 0 Å². The van der Waals surface area contributed by atoms with Gasteiger partial charge in [-0.2, -0.15) is 0 Å². The number of ether oxygens (including phenoxy) is 1. The van der Waals surface area contributed by atoms with Crippen molar-refractivity contribution in [3.63, 3.8) is 0 Å². The third kappa shape index (κ3) is 3.86. The lowest BCUT2D eigenvalue weighted by molar-refractivity contribution is -0.0277. The van der Waals surface area contributed by atoms with Gasteiger partial charge in [-0.1, -0.05) is 35.9 Å². The fraction of sp³-hybridized carbons (Fsp3) is 0.368. The van der Waals surface area contributed by atoms with Crippen molar-refractivity contribution in [2.24, 2.45) is 0 Å². The highest BCUT2D eigenvalue weighted by Gasteiger charge is 2.33. The summed E-state index contributed by atoms with van der Waals surface area (Å²) in [6.45, 7) is 2.64. The minimum Gasteiger partial charge on any atom is -0.497 e. The molecule has 1 heterocycles. The molecule has 23 heavy (non-hydrogen) atoms. The number of halogens is 1. The molecule has 1 fully saturated rings. The molecule has 2 aromatic carbocycles. The van der Waals surface area contributed by atoms with Crippen molar-refractivity contribution in [3.05, 3.63) is 64.7 Å². The van der Waals surface area contributed by atoms with Crippen LogP contribution in [0.1, 0.15) is 24.0 Å². The van der Waals surface area contributed by atoms with Crippen LogP contribution in [0.4, 0.5) is 0 Å². The quantitative estimate of drug-likeness (QED) is 0.924. The van der Waals surface area contributed by atoms with Crippen molar-refractivity contribution in [2.45, 2.75) is 25.0 Å². The lowest BCUT2D eigenvalue weighted by atomic mass is 9.84. The first-order valence-electron chi connectivity index (χ1n) is 7.93. The fourth-order valence-electron chi connectivity index (χ4n) is 3.14. The second kappa shape index (κ2) is 6.91. The molecule has 3 nitrogen and oxygen atoms in total. The Balaban J connectivity index is 1.61. The minimum absolute atomic E-state index is 0.677. The summed E-state index contributed by atoms with van der Waals surface area (Å²) >= 11 is 6.05. The van der Waals surface area contributed by atoms with E-state index >= 15 is 0 Å². The van der Waals surface area contributed by atoms with Crippen molar-refractivity contribution in [1.29, 1.82) is 0 Å². The summed E-state index contributed by atoms with van der Waals surface area (Å²) in [6, 6.07) is 15.7. The molecule has 2 aromatic rings. The molecule has 0 aromatic heterocycles. The third-order valence-corrected chi connectivity index (χ3v) is 4.85. The number of likely N-dealkylation sites (tertiary alicyclic amines) is 1. The molecule has 1 aliphatic heterocycles. The summed E-state index contributed by atoms with van der Waals surface area (Å²) in [7, 11) is 1.68. The summed E-state index contributed by atoms with van der Waals surface area (Å²) in [6.07, 6.45) is 1.45. The van der Waals surface area contributed by atoms with E-state index < -0.39 is 5.60 Å². The average molecular weight is 332 g/mol. The molecule has 0 unspecified atom stereocenters. The molecule has 1 saturated heterocycles. The Labute approximate surface area is 142 Å². The Morgan fingerprint density at radius 2 is 1.83 bits per heavy atom. The Morgan fingerprint density at radius 1 is 1.13 bits per heavy atom. The molecule has 1 N–H and O–H groups in total. The van der Waals surface area contributed by atoms with Gasteiger partial charge >= 0.3 is 0 Å². The van der Waals surface area contributed by atoms with Crippen LogP contribution in [0.15, 0.2) is 48.5 Å². The van der Waals surface area contributed by atoms with Crippen LogP contribution in [-0.2, 0) is 12.1 Å². The van der Waals surface area contributed by atoms with Gasteiger partial charge in [-0.25, -0.2) is 0 Å². The fourth-order valence-corrected chi connectivity index (χ4v) is 3.33. The van der Waals surface area contributed by atoms with Crippen LogP contribution in [0.2, 0.25) is 5.02 Å². The van der Waals surface area contributed by atoms with Crippen LogP contribution in [-0.4, -0.2) is 30.2 Å². The van der Waals surface area contributed by atoms with E-state index in [1.807, 2.05) is 36.4 Å². The third-order valence-electron chi connectivity index (χ3n) is 4.61. The summed E-state index contributed by atoms with van der Waals surface area (Å²) < 4.78 is 5.19. The topological polar surface area (TPSA) is 32.7 Å². The standard InChI is InChI=1S/C19H22ClNO2/c1-23-18-7-5-15(6-8-18)14-21-11-9-19(22,10-12-21)16-3-2-4-17(20)13-16/h2-8,13,22H,9-12,14H2,1H3. The average Bonchev–Trinajstić information content (AvgIpc) is 2.58. The normalized spacial score (nSPS) is 17.9. The second-order valence-corrected chi connectivity index (χ2v) is 6.60. The van der Waals surface area contributed by atoms with Gasteiger partial charge < -0.3 is 9.84 Å². The lowest BCUT2D eigenvalue weighted by Crippen LogP contribution is -2.42. The van der Waals surface area contributed by atoms with Gasteiger partial charge in [0.15, 0.2) is 0 Å². The summed E-state index contributed by atoms with van der Waals surface area (Å²) in [5.41, 5.74) is 1.43. The van der Waals surface area contributed by atoms with Crippen molar-refractivity contribution in [1.82, 2.24) is 4.90 Å². The molecule has 4 heteroatoms. The van der Waals surface area contributed by atoms with E-state index in [2.05, 4.69) is 17.0 Å². The predicted octanol–water partition coefficient (Wildman–Crippen LogP) is 3.83. The molecule has 3 rings (SSSR count). The van der Waals surface area contributed by atoms with Crippen molar-refractivity contribution >= 4 is 11.6 Å². The van der Waals surface area contributed by atoms with Gasteiger partial charge in [-0.15, -0.1) is 0 Å². The van der Waals surface area contributed by atoms with Crippen LogP contribution in [0, 0.1) is 0 Å². The maximum absolute atomic E-state index is 10.9. The highest BCUT2D eigenvalue weighted by Crippen LogP contribution is 2.34. The van der Waals surface area contributed by atoms with Gasteiger partial charge in [-0.05, 0) is 48.2 Å². The lowest BCUT2D eigenvalue weighted by Gasteiger charge is -2.38. The zero-order valence-electron chi connectivity index (χ0n) is 13.3. The number of piperidine rings is 1. The van der Waals surface area contributed by atoms with Gasteiger partial charge in [0.1, 0.15) is 5.75 Å². The van der Waals surface area contributed by atoms with Crippen LogP contribution >= 0.6 is 11.6 Å². The van der Waals surface area contributed by atoms with Crippen molar-refractivity contribution in [3.8, 4) is 5.75 Å². The van der Waals surface area contributed by atoms with Crippen LogP contribution < -0.4 is 4.74 Å². The van der Waals surface area contributed by atoms with Gasteiger partial charge in [-0.3, -0.25) is 4.90 Å². The summed E-state index contributed by atoms with van der Waals surface area (Å²) in [5.74, 6) is 0.878. The Morgan fingerprint density at radius 3 is 2.43 bits per heavy atom. The molecule has 0 atom stereocenters. The number of nitrogens with zero attached hydrogens (tertiary/aromatic N) is 1. The van der Waals surface area contributed by atoms with Crippen molar-refractivity contribution < 1.29 is 9.84 Å². The van der Waals surface area contributed by atoms with Gasteiger partial charge in [0, 0.05) is 24.7 Å². The van der Waals surface area contributed by atoms with Gasteiger partial charge in [0.25, 0.3) is 0 Å². The van der Waals surface area contributed by atoms with Crippen LogP contribution in [0.5, 0.6) is 5.75 Å². The Kier molecular flexibility index (Phi) is 4.90. The van der Waals surface area contributed by atoms with Gasteiger partial charge in [0.05, 0.1) is 12.7 Å². The molecule has 0 bridgehead atoms. The number of benzene rings is 2. The zero-order valence-corrected chi connectivity index (χ0v) is 14.1. The molecule has 0 spiro atoms. The zero-order chi connectivity index (χ0) is 16.3. The molecular weight excluding hydrogens is 310 g/mol. The molecule has 122 valence electrons. The van der Waals surface area contributed by atoms with E-state index in [0.29, 0.717) is 5.02 Å². The Hall–Kier alpha value is -1.55. The van der Waals surface area contributed by atoms with E-state index in [1.165, 1.54) is 5.56 Å². The SMILES string of the molecule is COc1ccc(CN2CCC(O)(c3cccc(Cl)c3)CC2)cc1. The molecule has 1 aliphatic rings. The highest BCUT2D eigenvalue weighted by atomic mass is 35.5. The summed E-state index contributed by atoms with van der Waals surface area (Å²) in [5, 5.41) is 11.6. The number of hydrogen-bond donors (Lipinski definition) is 1.